The van der Waals surface area contributed by atoms with Crippen LogP contribution in [0.3, 0.4) is 0 Å². The molecule has 0 aliphatic heterocycles. The summed E-state index contributed by atoms with van der Waals surface area (Å²) in [7, 11) is 0. The van der Waals surface area contributed by atoms with Crippen LogP contribution in [-0.2, 0) is 0 Å². The van der Waals surface area contributed by atoms with Crippen LogP contribution in [0.2, 0.25) is 0 Å². The summed E-state index contributed by atoms with van der Waals surface area (Å²) >= 11 is 0. The minimum atomic E-state index is -0.706. The smallest absolute Gasteiger partial charge is 0.136 e. The lowest BCUT2D eigenvalue weighted by atomic mass is 9.85. The van der Waals surface area contributed by atoms with Gasteiger partial charge in [0.15, 0.2) is 0 Å². The Kier molecular flexibility index (Phi) is 3.50. The van der Waals surface area contributed by atoms with Gasteiger partial charge in [-0.15, -0.1) is 0 Å². The second kappa shape index (κ2) is 10.4. The van der Waals surface area contributed by atoms with E-state index in [1.807, 2.05) is 78.9 Å². The van der Waals surface area contributed by atoms with Crippen LogP contribution >= 0.6 is 0 Å². The largest absolute Gasteiger partial charge is 0.456 e. The molecule has 0 saturated carbocycles. The molecule has 0 amide bonds. The topological polar surface area (TPSA) is 13.1 Å². The van der Waals surface area contributed by atoms with Crippen molar-refractivity contribution in [3.63, 3.8) is 0 Å². The van der Waals surface area contributed by atoms with Gasteiger partial charge >= 0.3 is 0 Å². The minimum absolute atomic E-state index is 0.0820. The van der Waals surface area contributed by atoms with Crippen LogP contribution in [0.5, 0.6) is 0 Å². The summed E-state index contributed by atoms with van der Waals surface area (Å²) in [6.45, 7) is 0. The standard InChI is InChI=1S/C44H28O/c1-3-12-29(13-4-1)32-23-25-41-40(27-32)35-24-22-33(28-42(35)45-41)31-16-11-17-34(26-31)44-38-20-9-7-18-36(38)43(30-14-5-2-6-15-30)37-19-8-10-21-39(37)44/h1-28H/i1D,3D,4D,11D,12D,13D,17D,22D,23D,24D,25D,26D,27D,28D. The Balaban J connectivity index is 1.36. The molecule has 8 aromatic carbocycles. The van der Waals surface area contributed by atoms with E-state index in [4.69, 9.17) is 15.4 Å². The molecule has 9 rings (SSSR count). The fourth-order valence-corrected chi connectivity index (χ4v) is 5.98. The predicted octanol–water partition coefficient (Wildman–Crippen LogP) is 12.6. The Morgan fingerprint density at radius 3 is 1.64 bits per heavy atom. The van der Waals surface area contributed by atoms with Crippen molar-refractivity contribution in [2.45, 2.75) is 0 Å². The van der Waals surface area contributed by atoms with Gasteiger partial charge in [0.05, 0.1) is 19.2 Å². The Hall–Kier alpha value is -5.92. The van der Waals surface area contributed by atoms with Gasteiger partial charge in [-0.05, 0) is 96.3 Å². The molecule has 1 heterocycles. The first-order valence-electron chi connectivity index (χ1n) is 21.3. The Morgan fingerprint density at radius 1 is 0.333 bits per heavy atom. The molecule has 0 aliphatic carbocycles. The van der Waals surface area contributed by atoms with Gasteiger partial charge < -0.3 is 4.42 Å². The SMILES string of the molecule is [2H]c1cc(-c2c([2H])c([2H])c3c(oc4c([2H])c([2H])c(-c5c([2H])c([2H])c([2H])c([2H])c5[2H])c([2H])c43)c2[2H])c([2H])c(-c2c3ccccc3c(-c3ccccc3)c3ccccc23)c1[2H]. The van der Waals surface area contributed by atoms with Crippen molar-refractivity contribution in [2.75, 3.05) is 0 Å². The van der Waals surface area contributed by atoms with E-state index in [2.05, 4.69) is 0 Å². The predicted molar refractivity (Wildman–Crippen MR) is 190 cm³/mol. The Labute approximate surface area is 281 Å². The van der Waals surface area contributed by atoms with Crippen molar-refractivity contribution in [3.05, 3.63) is 170 Å². The van der Waals surface area contributed by atoms with Crippen LogP contribution in [0.4, 0.5) is 0 Å². The summed E-state index contributed by atoms with van der Waals surface area (Å²) in [6, 6.07) is 18.4. The molecule has 45 heavy (non-hydrogen) atoms. The van der Waals surface area contributed by atoms with Gasteiger partial charge in [-0.3, -0.25) is 0 Å². The number of hydrogen-bond donors (Lipinski definition) is 0. The second-order valence-electron chi connectivity index (χ2n) is 10.5. The molecule has 1 aromatic heterocycles. The van der Waals surface area contributed by atoms with Gasteiger partial charge in [-0.2, -0.15) is 0 Å². The fourth-order valence-electron chi connectivity index (χ4n) is 5.98. The van der Waals surface area contributed by atoms with Crippen LogP contribution in [0.25, 0.3) is 88.0 Å². The van der Waals surface area contributed by atoms with E-state index < -0.39 is 77.6 Å². The Bertz CT molecular complexity index is 3230. The van der Waals surface area contributed by atoms with Gasteiger partial charge in [0.2, 0.25) is 0 Å². The van der Waals surface area contributed by atoms with Crippen LogP contribution in [-0.4, -0.2) is 0 Å². The number of furan rings is 1. The summed E-state index contributed by atoms with van der Waals surface area (Å²) in [6.07, 6.45) is 0. The van der Waals surface area contributed by atoms with Gasteiger partial charge in [0, 0.05) is 10.8 Å². The third-order valence-corrected chi connectivity index (χ3v) is 7.95. The summed E-state index contributed by atoms with van der Waals surface area (Å²) in [5, 5.41) is 2.61. The highest BCUT2D eigenvalue weighted by Gasteiger charge is 2.17. The second-order valence-corrected chi connectivity index (χ2v) is 10.5. The molecular formula is C44H28O. The third-order valence-electron chi connectivity index (χ3n) is 7.95. The third kappa shape index (κ3) is 4.24. The lowest BCUT2D eigenvalue weighted by Crippen LogP contribution is -1.91. The average Bonchev–Trinajstić information content (AvgIpc) is 3.65. The van der Waals surface area contributed by atoms with E-state index in [0.717, 1.165) is 21.9 Å². The van der Waals surface area contributed by atoms with E-state index in [-0.39, 0.29) is 56.8 Å². The maximum Gasteiger partial charge on any atom is 0.136 e. The molecule has 0 N–H and O–H groups in total. The highest BCUT2D eigenvalue weighted by molar-refractivity contribution is 6.21. The van der Waals surface area contributed by atoms with Crippen LogP contribution in [0, 0.1) is 0 Å². The number of rotatable bonds is 4. The first-order valence-corrected chi connectivity index (χ1v) is 14.3. The monoisotopic (exact) mass is 586 g/mol. The summed E-state index contributed by atoms with van der Waals surface area (Å²) in [4.78, 5) is 0. The molecule has 210 valence electrons. The summed E-state index contributed by atoms with van der Waals surface area (Å²) in [5.41, 5.74) is 0.470. The molecule has 0 unspecified atom stereocenters. The molecule has 0 atom stereocenters. The van der Waals surface area contributed by atoms with E-state index in [0.29, 0.717) is 16.3 Å². The molecule has 0 fully saturated rings. The normalized spacial score (nSPS) is 15.9. The number of fused-ring (bicyclic) bond motifs is 5. The van der Waals surface area contributed by atoms with Crippen molar-refractivity contribution >= 4 is 43.5 Å². The first kappa shape index (κ1) is 15.2. The molecule has 1 nitrogen and oxygen atoms in total. The highest BCUT2D eigenvalue weighted by Crippen LogP contribution is 2.44. The van der Waals surface area contributed by atoms with Gasteiger partial charge in [0.25, 0.3) is 0 Å². The van der Waals surface area contributed by atoms with Crippen molar-refractivity contribution in [1.29, 1.82) is 0 Å². The van der Waals surface area contributed by atoms with Crippen LogP contribution in [0.15, 0.2) is 174 Å². The van der Waals surface area contributed by atoms with Gasteiger partial charge in [-0.1, -0.05) is 139 Å². The molecule has 0 spiro atoms. The van der Waals surface area contributed by atoms with E-state index in [9.17, 15) is 8.22 Å². The summed E-state index contributed by atoms with van der Waals surface area (Å²) < 4.78 is 130. The van der Waals surface area contributed by atoms with Crippen molar-refractivity contribution in [3.8, 4) is 44.5 Å². The first-order chi connectivity index (χ1) is 28.2. The summed E-state index contributed by atoms with van der Waals surface area (Å²) in [5.74, 6) is 0. The fraction of sp³-hybridized carbons (Fsp3) is 0. The molecule has 9 aromatic rings. The quantitative estimate of drug-likeness (QED) is 0.187. The average molecular weight is 587 g/mol. The Morgan fingerprint density at radius 2 is 0.933 bits per heavy atom. The molecule has 0 saturated heterocycles. The minimum Gasteiger partial charge on any atom is -0.456 e. The maximum absolute atomic E-state index is 9.69. The van der Waals surface area contributed by atoms with Crippen molar-refractivity contribution in [1.82, 2.24) is 0 Å². The van der Waals surface area contributed by atoms with Crippen molar-refractivity contribution < 1.29 is 23.6 Å². The highest BCUT2D eigenvalue weighted by atomic mass is 16.3. The van der Waals surface area contributed by atoms with Crippen LogP contribution < -0.4 is 0 Å². The molecule has 0 bridgehead atoms. The molecular weight excluding hydrogens is 544 g/mol. The molecule has 1 heteroatoms. The molecule has 0 radical (unpaired) electrons. The van der Waals surface area contributed by atoms with Crippen LogP contribution in [0.1, 0.15) is 19.2 Å². The van der Waals surface area contributed by atoms with Crippen molar-refractivity contribution in [2.24, 2.45) is 0 Å². The number of benzene rings is 8. The maximum atomic E-state index is 9.69. The van der Waals surface area contributed by atoms with E-state index >= 15 is 0 Å². The number of hydrogen-bond acceptors (Lipinski definition) is 1. The zero-order chi connectivity index (χ0) is 41.9. The van der Waals surface area contributed by atoms with E-state index in [1.54, 1.807) is 0 Å². The zero-order valence-electron chi connectivity index (χ0n) is 37.5. The molecule has 0 aliphatic rings. The lowest BCUT2D eigenvalue weighted by Gasteiger charge is -2.18. The van der Waals surface area contributed by atoms with Gasteiger partial charge in [0.1, 0.15) is 11.2 Å². The van der Waals surface area contributed by atoms with Gasteiger partial charge in [-0.25, -0.2) is 0 Å². The van der Waals surface area contributed by atoms with E-state index in [1.165, 1.54) is 6.07 Å². The lowest BCUT2D eigenvalue weighted by molar-refractivity contribution is 0.669. The zero-order valence-corrected chi connectivity index (χ0v) is 23.5.